The maximum atomic E-state index is 8.93. The molecule has 0 amide bonds. The van der Waals surface area contributed by atoms with Crippen LogP contribution < -0.4 is 5.32 Å². The number of benzene rings is 1. The largest absolute Gasteiger partial charge is 0.382 e. The topological polar surface area (TPSA) is 35.8 Å². The van der Waals surface area contributed by atoms with E-state index in [9.17, 15) is 0 Å². The SMILES string of the molecule is CC(C)CC1CCCC(Nc2cccc(C#N)c2)C1. The highest BCUT2D eigenvalue weighted by Gasteiger charge is 2.22. The Bertz CT molecular complexity index is 445. The monoisotopic (exact) mass is 256 g/mol. The molecule has 0 aliphatic heterocycles. The van der Waals surface area contributed by atoms with E-state index in [1.165, 1.54) is 32.1 Å². The van der Waals surface area contributed by atoms with Crippen LogP contribution in [0.5, 0.6) is 0 Å². The van der Waals surface area contributed by atoms with Crippen LogP contribution in [0.3, 0.4) is 0 Å². The number of nitrogens with zero attached hydrogens (tertiary/aromatic N) is 1. The van der Waals surface area contributed by atoms with Crippen molar-refractivity contribution in [1.82, 2.24) is 0 Å². The smallest absolute Gasteiger partial charge is 0.0992 e. The van der Waals surface area contributed by atoms with Gasteiger partial charge in [-0.3, -0.25) is 0 Å². The quantitative estimate of drug-likeness (QED) is 0.856. The third kappa shape index (κ3) is 4.28. The van der Waals surface area contributed by atoms with Gasteiger partial charge < -0.3 is 5.32 Å². The summed E-state index contributed by atoms with van der Waals surface area (Å²) in [6.07, 6.45) is 6.58. The van der Waals surface area contributed by atoms with E-state index in [0.717, 1.165) is 23.1 Å². The van der Waals surface area contributed by atoms with Gasteiger partial charge in [-0.25, -0.2) is 0 Å². The van der Waals surface area contributed by atoms with Crippen LogP contribution in [0.4, 0.5) is 5.69 Å². The van der Waals surface area contributed by atoms with E-state index >= 15 is 0 Å². The van der Waals surface area contributed by atoms with Gasteiger partial charge in [0.15, 0.2) is 0 Å². The zero-order valence-corrected chi connectivity index (χ0v) is 12.0. The van der Waals surface area contributed by atoms with Gasteiger partial charge in [-0.15, -0.1) is 0 Å². The summed E-state index contributed by atoms with van der Waals surface area (Å²) in [4.78, 5) is 0. The van der Waals surface area contributed by atoms with Crippen molar-refractivity contribution in [2.45, 2.75) is 52.0 Å². The van der Waals surface area contributed by atoms with Gasteiger partial charge in [0, 0.05) is 11.7 Å². The molecule has 102 valence electrons. The van der Waals surface area contributed by atoms with Crippen molar-refractivity contribution in [1.29, 1.82) is 5.26 Å². The normalized spacial score (nSPS) is 23.1. The molecule has 1 fully saturated rings. The first kappa shape index (κ1) is 13.9. The van der Waals surface area contributed by atoms with Crippen molar-refractivity contribution < 1.29 is 0 Å². The maximum absolute atomic E-state index is 8.93. The Morgan fingerprint density at radius 1 is 1.37 bits per heavy atom. The molecule has 0 heterocycles. The molecule has 2 heteroatoms. The first-order chi connectivity index (χ1) is 9.17. The average Bonchev–Trinajstić information content (AvgIpc) is 2.38. The zero-order chi connectivity index (χ0) is 13.7. The second-order valence-corrected chi connectivity index (χ2v) is 6.20. The van der Waals surface area contributed by atoms with Gasteiger partial charge in [0.25, 0.3) is 0 Å². The molecule has 2 rings (SSSR count). The number of rotatable bonds is 4. The molecule has 0 radical (unpaired) electrons. The summed E-state index contributed by atoms with van der Waals surface area (Å²) in [7, 11) is 0. The number of hydrogen-bond acceptors (Lipinski definition) is 2. The molecule has 1 aromatic carbocycles. The van der Waals surface area contributed by atoms with E-state index in [2.05, 4.69) is 31.3 Å². The number of anilines is 1. The molecule has 0 spiro atoms. The van der Waals surface area contributed by atoms with Crippen molar-refractivity contribution in [2.24, 2.45) is 11.8 Å². The van der Waals surface area contributed by atoms with Gasteiger partial charge in [0.05, 0.1) is 11.6 Å². The van der Waals surface area contributed by atoms with Gasteiger partial charge in [-0.05, 0) is 49.3 Å². The third-order valence-corrected chi connectivity index (χ3v) is 3.95. The predicted octanol–water partition coefficient (Wildman–Crippen LogP) is 4.58. The fourth-order valence-corrected chi connectivity index (χ4v) is 3.22. The number of nitriles is 1. The van der Waals surface area contributed by atoms with Gasteiger partial charge in [-0.2, -0.15) is 5.26 Å². The summed E-state index contributed by atoms with van der Waals surface area (Å²) in [5, 5.41) is 12.5. The van der Waals surface area contributed by atoms with Crippen molar-refractivity contribution in [3.63, 3.8) is 0 Å². The summed E-state index contributed by atoms with van der Waals surface area (Å²) in [6, 6.07) is 10.6. The van der Waals surface area contributed by atoms with Crippen molar-refractivity contribution in [3.8, 4) is 6.07 Å². The standard InChI is InChI=1S/C17H24N2/c1-13(2)9-14-5-3-7-16(10-14)19-17-8-4-6-15(11-17)12-18/h4,6,8,11,13-14,16,19H,3,5,7,9-10H2,1-2H3. The Morgan fingerprint density at radius 2 is 2.21 bits per heavy atom. The highest BCUT2D eigenvalue weighted by atomic mass is 14.9. The molecule has 1 aliphatic rings. The third-order valence-electron chi connectivity index (χ3n) is 3.95. The average molecular weight is 256 g/mol. The summed E-state index contributed by atoms with van der Waals surface area (Å²) in [5.41, 5.74) is 1.83. The Morgan fingerprint density at radius 3 is 2.95 bits per heavy atom. The molecular formula is C17H24N2. The lowest BCUT2D eigenvalue weighted by Gasteiger charge is -2.31. The number of nitrogens with one attached hydrogen (secondary N) is 1. The molecule has 1 aliphatic carbocycles. The molecule has 1 saturated carbocycles. The zero-order valence-electron chi connectivity index (χ0n) is 12.0. The molecule has 1 N–H and O–H groups in total. The maximum Gasteiger partial charge on any atom is 0.0992 e. The minimum absolute atomic E-state index is 0.575. The summed E-state index contributed by atoms with van der Waals surface area (Å²) in [5.74, 6) is 1.66. The first-order valence-electron chi connectivity index (χ1n) is 7.44. The molecule has 0 aromatic heterocycles. The van der Waals surface area contributed by atoms with E-state index in [0.29, 0.717) is 6.04 Å². The molecule has 2 unspecified atom stereocenters. The van der Waals surface area contributed by atoms with Crippen LogP contribution in [-0.4, -0.2) is 6.04 Å². The van der Waals surface area contributed by atoms with Crippen LogP contribution in [0.25, 0.3) is 0 Å². The van der Waals surface area contributed by atoms with Crippen LogP contribution in [-0.2, 0) is 0 Å². The molecule has 0 bridgehead atoms. The van der Waals surface area contributed by atoms with Crippen molar-refractivity contribution >= 4 is 5.69 Å². The lowest BCUT2D eigenvalue weighted by atomic mass is 9.81. The first-order valence-corrected chi connectivity index (χ1v) is 7.44. The van der Waals surface area contributed by atoms with E-state index in [-0.39, 0.29) is 0 Å². The van der Waals surface area contributed by atoms with Crippen LogP contribution in [0.15, 0.2) is 24.3 Å². The minimum Gasteiger partial charge on any atom is -0.382 e. The van der Waals surface area contributed by atoms with E-state index < -0.39 is 0 Å². The van der Waals surface area contributed by atoms with Crippen LogP contribution >= 0.6 is 0 Å². The Labute approximate surface area is 116 Å². The summed E-state index contributed by atoms with van der Waals surface area (Å²) >= 11 is 0. The van der Waals surface area contributed by atoms with Crippen LogP contribution in [0, 0.1) is 23.2 Å². The summed E-state index contributed by atoms with van der Waals surface area (Å²) in [6.45, 7) is 4.63. The van der Waals surface area contributed by atoms with E-state index in [1.807, 2.05) is 18.2 Å². The molecule has 2 atom stereocenters. The van der Waals surface area contributed by atoms with Gasteiger partial charge in [-0.1, -0.05) is 32.8 Å². The van der Waals surface area contributed by atoms with Gasteiger partial charge in [0.2, 0.25) is 0 Å². The summed E-state index contributed by atoms with van der Waals surface area (Å²) < 4.78 is 0. The Kier molecular flexibility index (Phi) is 4.85. The fraction of sp³-hybridized carbons (Fsp3) is 0.588. The van der Waals surface area contributed by atoms with E-state index in [4.69, 9.17) is 5.26 Å². The highest BCUT2D eigenvalue weighted by molar-refractivity contribution is 5.49. The highest BCUT2D eigenvalue weighted by Crippen LogP contribution is 2.31. The lowest BCUT2D eigenvalue weighted by Crippen LogP contribution is -2.27. The molecule has 2 nitrogen and oxygen atoms in total. The molecule has 1 aromatic rings. The fourth-order valence-electron chi connectivity index (χ4n) is 3.22. The van der Waals surface area contributed by atoms with Crippen LogP contribution in [0.1, 0.15) is 51.5 Å². The second kappa shape index (κ2) is 6.61. The lowest BCUT2D eigenvalue weighted by molar-refractivity contribution is 0.289. The minimum atomic E-state index is 0.575. The van der Waals surface area contributed by atoms with Crippen LogP contribution in [0.2, 0.25) is 0 Å². The molecular weight excluding hydrogens is 232 g/mol. The Hall–Kier alpha value is -1.49. The Balaban J connectivity index is 1.93. The van der Waals surface area contributed by atoms with E-state index in [1.54, 1.807) is 0 Å². The second-order valence-electron chi connectivity index (χ2n) is 6.20. The van der Waals surface area contributed by atoms with Gasteiger partial charge in [0.1, 0.15) is 0 Å². The van der Waals surface area contributed by atoms with Crippen molar-refractivity contribution in [2.75, 3.05) is 5.32 Å². The van der Waals surface area contributed by atoms with Gasteiger partial charge >= 0.3 is 0 Å². The van der Waals surface area contributed by atoms with Crippen molar-refractivity contribution in [3.05, 3.63) is 29.8 Å². The molecule has 19 heavy (non-hydrogen) atoms. The number of hydrogen-bond donors (Lipinski definition) is 1. The predicted molar refractivity (Wildman–Crippen MR) is 80.0 cm³/mol. The molecule has 0 saturated heterocycles.